The molecule has 12 rings (SSSR count). The summed E-state index contributed by atoms with van der Waals surface area (Å²) in [4.78, 5) is 14.2. The molecule has 0 N–H and O–H groups in total. The van der Waals surface area contributed by atoms with Crippen LogP contribution in [0, 0.1) is 36.9 Å². The number of anilines is 2. The van der Waals surface area contributed by atoms with Crippen LogP contribution < -0.4 is 28.4 Å². The van der Waals surface area contributed by atoms with Crippen LogP contribution in [0.1, 0.15) is 38.5 Å². The Morgan fingerprint density at radius 3 is 1.21 bits per heavy atom. The first kappa shape index (κ1) is 46.8. The number of piperidine rings is 2. The van der Waals surface area contributed by atoms with E-state index in [1.807, 2.05) is 45.5 Å². The summed E-state index contributed by atoms with van der Waals surface area (Å²) < 4.78 is 21.2. The zero-order valence-electron chi connectivity index (χ0n) is 38.1. The van der Waals surface area contributed by atoms with Crippen LogP contribution in [0.15, 0.2) is 158 Å². The van der Waals surface area contributed by atoms with Crippen molar-refractivity contribution in [1.82, 2.24) is 19.1 Å². The van der Waals surface area contributed by atoms with Crippen LogP contribution in [0.3, 0.4) is 0 Å². The standard InChI is InChI=1S/C58H46N8O2.2Pt/c1-11-33-61(34-12-1)51-21-3-5-23-53(51)65-41-63(55-25-7-9-27-57(55)65)43-17-15-19-45(37-43)67-47-29-31-59-49(39-47)50-40-48(30-32-60-50)68-46-20-16-18-44(38-46)64-42-66(58-28-10-8-26-56(58)64)54-24-6-4-22-52(54)62-35-13-2-14-36-62;;/h3-10,15-32H,1-2,11-14,33-36H2;;/q-4;;. The van der Waals surface area contributed by atoms with Gasteiger partial charge in [0, 0.05) is 103 Å². The molecule has 0 unspecified atom stereocenters. The Morgan fingerprint density at radius 1 is 0.386 bits per heavy atom. The zero-order chi connectivity index (χ0) is 45.2. The molecule has 0 bridgehead atoms. The SMILES string of the molecule is [Pt].[Pt].[c-]1c(Oc2[c-]c(-c3[c-]c(Oc4[c-]c(-[n+]5[c-]n(-c6ccccc6N6CCCCC6)c6ccccc65)ccc4)ccn3)ncc2)cccc1-[n+]1[c-]n(-c2ccccc2N2CCCCC2)c2ccccc21. The number of pyridine rings is 2. The number of aromatic nitrogens is 6. The Labute approximate surface area is 436 Å². The second-order valence-electron chi connectivity index (χ2n) is 17.2. The summed E-state index contributed by atoms with van der Waals surface area (Å²) >= 11 is 0. The number of para-hydroxylation sites is 8. The fourth-order valence-electron chi connectivity index (χ4n) is 9.53. The van der Waals surface area contributed by atoms with Crippen molar-refractivity contribution in [2.75, 3.05) is 36.0 Å². The largest absolute Gasteiger partial charge is 0.511 e. The molecule has 2 saturated heterocycles. The van der Waals surface area contributed by atoms with Gasteiger partial charge in [-0.3, -0.25) is 9.13 Å². The van der Waals surface area contributed by atoms with E-state index in [0.29, 0.717) is 34.4 Å². The fraction of sp³-hybridized carbons (Fsp3) is 0.172. The number of hydrogen-bond acceptors (Lipinski definition) is 6. The Bertz CT molecular complexity index is 3210. The van der Waals surface area contributed by atoms with Crippen LogP contribution >= 0.6 is 0 Å². The van der Waals surface area contributed by atoms with Gasteiger partial charge in [-0.1, -0.05) is 72.8 Å². The maximum atomic E-state index is 6.40. The molecule has 0 radical (unpaired) electrons. The van der Waals surface area contributed by atoms with Gasteiger partial charge in [0.25, 0.3) is 12.7 Å². The van der Waals surface area contributed by atoms with Crippen LogP contribution in [-0.2, 0) is 42.1 Å². The quantitative estimate of drug-likeness (QED) is 0.0950. The predicted octanol–water partition coefficient (Wildman–Crippen LogP) is 10.9. The van der Waals surface area contributed by atoms with Gasteiger partial charge in [0.1, 0.15) is 0 Å². The van der Waals surface area contributed by atoms with Gasteiger partial charge in [0.15, 0.2) is 0 Å². The first-order valence-corrected chi connectivity index (χ1v) is 23.5. The second kappa shape index (κ2) is 21.0. The van der Waals surface area contributed by atoms with E-state index in [1.165, 1.54) is 49.9 Å². The van der Waals surface area contributed by atoms with Gasteiger partial charge >= 0.3 is 0 Å². The Balaban J connectivity index is 0.00000284. The van der Waals surface area contributed by atoms with Gasteiger partial charge in [-0.25, -0.2) is 0 Å². The summed E-state index contributed by atoms with van der Waals surface area (Å²) in [5.41, 5.74) is 11.3. The monoisotopic (exact) mass is 1280 g/mol. The molecule has 12 heteroatoms. The van der Waals surface area contributed by atoms with E-state index >= 15 is 0 Å². The molecule has 0 aliphatic carbocycles. The van der Waals surface area contributed by atoms with Crippen molar-refractivity contribution in [3.63, 3.8) is 0 Å². The van der Waals surface area contributed by atoms with Gasteiger partial charge in [0.05, 0.1) is 33.4 Å². The minimum Gasteiger partial charge on any atom is -0.511 e. The minimum atomic E-state index is 0. The molecule has 354 valence electrons. The Hall–Kier alpha value is -6.86. The van der Waals surface area contributed by atoms with Crippen LogP contribution in [0.2, 0.25) is 0 Å². The summed E-state index contributed by atoms with van der Waals surface area (Å²) in [6.45, 7) is 4.22. The molecule has 0 saturated carbocycles. The van der Waals surface area contributed by atoms with E-state index in [-0.39, 0.29) is 42.1 Å². The first-order valence-electron chi connectivity index (χ1n) is 23.5. The average molecular weight is 1280 g/mol. The predicted molar refractivity (Wildman–Crippen MR) is 262 cm³/mol. The molecule has 6 aromatic carbocycles. The zero-order valence-corrected chi connectivity index (χ0v) is 42.7. The summed E-state index contributed by atoms with van der Waals surface area (Å²) in [5.74, 6) is 1.97. The Kier molecular flexibility index (Phi) is 14.1. The number of benzene rings is 6. The van der Waals surface area contributed by atoms with Crippen molar-refractivity contribution >= 4 is 33.4 Å². The average Bonchev–Trinajstić information content (AvgIpc) is 3.99. The van der Waals surface area contributed by atoms with E-state index in [9.17, 15) is 0 Å². The fourth-order valence-corrected chi connectivity index (χ4v) is 9.53. The van der Waals surface area contributed by atoms with E-state index in [0.717, 1.165) is 71.0 Å². The van der Waals surface area contributed by atoms with Crippen LogP contribution in [0.4, 0.5) is 11.4 Å². The van der Waals surface area contributed by atoms with Crippen molar-refractivity contribution < 1.29 is 60.7 Å². The number of hydrogen-bond donors (Lipinski definition) is 0. The summed E-state index contributed by atoms with van der Waals surface area (Å²) in [6, 6.07) is 62.8. The Morgan fingerprint density at radius 2 is 0.771 bits per heavy atom. The van der Waals surface area contributed by atoms with Crippen LogP contribution in [0.5, 0.6) is 23.0 Å². The molecule has 10 aromatic rings. The van der Waals surface area contributed by atoms with Gasteiger partial charge < -0.3 is 38.4 Å². The minimum absolute atomic E-state index is 0. The number of nitrogens with zero attached hydrogens (tertiary/aromatic N) is 8. The molecule has 2 aliphatic rings. The summed E-state index contributed by atoms with van der Waals surface area (Å²) in [7, 11) is 0. The van der Waals surface area contributed by atoms with Crippen molar-refractivity contribution in [3.05, 3.63) is 195 Å². The third-order valence-electron chi connectivity index (χ3n) is 12.8. The van der Waals surface area contributed by atoms with E-state index in [4.69, 9.17) is 9.47 Å². The van der Waals surface area contributed by atoms with Gasteiger partial charge in [-0.15, -0.1) is 47.8 Å². The molecule has 6 heterocycles. The van der Waals surface area contributed by atoms with Crippen molar-refractivity contribution in [2.45, 2.75) is 38.5 Å². The van der Waals surface area contributed by atoms with Crippen LogP contribution in [-0.4, -0.2) is 45.3 Å². The molecule has 10 nitrogen and oxygen atoms in total. The second-order valence-corrected chi connectivity index (χ2v) is 17.2. The molecule has 4 aromatic heterocycles. The third kappa shape index (κ3) is 9.43. The first-order chi connectivity index (χ1) is 33.7. The smallest absolute Gasteiger partial charge is 0.268 e. The summed E-state index contributed by atoms with van der Waals surface area (Å²) in [6.07, 6.45) is 18.0. The number of fused-ring (bicyclic) bond motifs is 2. The number of rotatable bonds is 11. The third-order valence-corrected chi connectivity index (χ3v) is 12.8. The molecule has 2 fully saturated rings. The van der Waals surface area contributed by atoms with Gasteiger partial charge in [0.2, 0.25) is 0 Å². The van der Waals surface area contributed by atoms with Crippen molar-refractivity contribution in [3.8, 4) is 57.1 Å². The maximum Gasteiger partial charge on any atom is 0.268 e. The topological polar surface area (TPSA) is 68.3 Å². The van der Waals surface area contributed by atoms with E-state index in [1.54, 1.807) is 24.5 Å². The number of ether oxygens (including phenoxy) is 2. The van der Waals surface area contributed by atoms with Crippen molar-refractivity contribution in [2.24, 2.45) is 0 Å². The molecule has 0 atom stereocenters. The van der Waals surface area contributed by atoms with E-state index < -0.39 is 0 Å². The number of imidazole rings is 2. The van der Waals surface area contributed by atoms with Crippen LogP contribution in [0.25, 0.3) is 56.2 Å². The molecule has 0 spiro atoms. The normalized spacial score (nSPS) is 13.7. The molecular weight excluding hydrogens is 1230 g/mol. The van der Waals surface area contributed by atoms with Gasteiger partial charge in [-0.2, -0.15) is 36.4 Å². The van der Waals surface area contributed by atoms with Crippen molar-refractivity contribution in [1.29, 1.82) is 0 Å². The molecule has 70 heavy (non-hydrogen) atoms. The summed E-state index contributed by atoms with van der Waals surface area (Å²) in [5, 5.41) is 0. The van der Waals surface area contributed by atoms with E-state index in [2.05, 4.69) is 163 Å². The molecular formula is C58H46N8O2Pt2-4. The molecule has 2 aliphatic heterocycles. The molecule has 0 amide bonds. The van der Waals surface area contributed by atoms with Gasteiger partial charge in [-0.05, 0) is 86.6 Å². The maximum absolute atomic E-state index is 6.40.